The van der Waals surface area contributed by atoms with Crippen molar-refractivity contribution in [1.29, 1.82) is 0 Å². The Labute approximate surface area is 127 Å². The third-order valence-corrected chi connectivity index (χ3v) is 4.28. The molecular weight excluding hydrogens is 326 g/mol. The van der Waals surface area contributed by atoms with Crippen LogP contribution in [0.15, 0.2) is 33.5 Å². The van der Waals surface area contributed by atoms with Gasteiger partial charge in [-0.3, -0.25) is 0 Å². The maximum atomic E-state index is 6.18. The Balaban J connectivity index is 2.51. The third-order valence-electron chi connectivity index (χ3n) is 3.22. The summed E-state index contributed by atoms with van der Waals surface area (Å²) in [6.07, 6.45) is 1.70. The van der Waals surface area contributed by atoms with Gasteiger partial charge in [0.2, 0.25) is 0 Å². The monoisotopic (exact) mass is 341 g/mol. The van der Waals surface area contributed by atoms with Crippen LogP contribution >= 0.6 is 27.5 Å². The van der Waals surface area contributed by atoms with Gasteiger partial charge in [0.15, 0.2) is 4.67 Å². The zero-order chi connectivity index (χ0) is 14.0. The largest absolute Gasteiger partial charge is 0.457 e. The predicted molar refractivity (Wildman–Crippen MR) is 82.9 cm³/mol. The summed E-state index contributed by atoms with van der Waals surface area (Å²) in [6, 6.07) is 6.25. The highest BCUT2D eigenvalue weighted by molar-refractivity contribution is 9.10. The summed E-state index contributed by atoms with van der Waals surface area (Å²) >= 11 is 9.63. The lowest BCUT2D eigenvalue weighted by molar-refractivity contribution is 0.526. The molecule has 0 fully saturated rings. The second-order valence-corrected chi connectivity index (χ2v) is 5.73. The highest BCUT2D eigenvalue weighted by atomic mass is 79.9. The van der Waals surface area contributed by atoms with E-state index in [4.69, 9.17) is 16.0 Å². The van der Waals surface area contributed by atoms with Gasteiger partial charge >= 0.3 is 0 Å². The van der Waals surface area contributed by atoms with Crippen LogP contribution in [0.25, 0.3) is 0 Å². The zero-order valence-electron chi connectivity index (χ0n) is 11.3. The summed E-state index contributed by atoms with van der Waals surface area (Å²) in [5, 5.41) is 4.30. The topological polar surface area (TPSA) is 25.2 Å². The van der Waals surface area contributed by atoms with Crippen LogP contribution in [-0.4, -0.2) is 6.54 Å². The van der Waals surface area contributed by atoms with Crippen LogP contribution in [0.5, 0.6) is 0 Å². The fraction of sp³-hybridized carbons (Fsp3) is 0.333. The summed E-state index contributed by atoms with van der Waals surface area (Å²) in [5.41, 5.74) is 4.59. The number of halogens is 2. The average Bonchev–Trinajstić information content (AvgIpc) is 2.77. The molecule has 0 aliphatic carbocycles. The number of furan rings is 1. The van der Waals surface area contributed by atoms with E-state index >= 15 is 0 Å². The van der Waals surface area contributed by atoms with Gasteiger partial charge in [0.05, 0.1) is 12.3 Å². The van der Waals surface area contributed by atoms with E-state index in [0.717, 1.165) is 27.4 Å². The lowest BCUT2D eigenvalue weighted by Gasteiger charge is -2.21. The van der Waals surface area contributed by atoms with Gasteiger partial charge in [0.1, 0.15) is 0 Å². The Morgan fingerprint density at radius 3 is 2.58 bits per heavy atom. The van der Waals surface area contributed by atoms with E-state index in [0.29, 0.717) is 0 Å². The second kappa shape index (κ2) is 6.12. The number of hydrogen-bond acceptors (Lipinski definition) is 2. The predicted octanol–water partition coefficient (Wildman–Crippen LogP) is 5.01. The van der Waals surface area contributed by atoms with E-state index in [1.165, 1.54) is 11.1 Å². The molecule has 1 unspecified atom stereocenters. The Hall–Kier alpha value is -0.770. The van der Waals surface area contributed by atoms with Gasteiger partial charge in [-0.15, -0.1) is 0 Å². The standard InChI is InChI=1S/C15H17BrClNO/c1-4-18-14(11-5-6-19-15(11)16)12-7-10(3)13(17)8-9(12)2/h5-8,14,18H,4H2,1-3H3. The smallest absolute Gasteiger partial charge is 0.174 e. The van der Waals surface area contributed by atoms with Crippen LogP contribution in [0.3, 0.4) is 0 Å². The van der Waals surface area contributed by atoms with Crippen LogP contribution < -0.4 is 5.32 Å². The molecule has 1 atom stereocenters. The van der Waals surface area contributed by atoms with Crippen molar-refractivity contribution in [3.63, 3.8) is 0 Å². The van der Waals surface area contributed by atoms with Crippen molar-refractivity contribution in [2.75, 3.05) is 6.54 Å². The number of benzene rings is 1. The van der Waals surface area contributed by atoms with Crippen LogP contribution in [0.2, 0.25) is 5.02 Å². The minimum Gasteiger partial charge on any atom is -0.457 e. The van der Waals surface area contributed by atoms with Crippen molar-refractivity contribution in [2.45, 2.75) is 26.8 Å². The fourth-order valence-corrected chi connectivity index (χ4v) is 2.90. The first-order valence-corrected chi connectivity index (χ1v) is 7.44. The van der Waals surface area contributed by atoms with Crippen molar-refractivity contribution < 1.29 is 4.42 Å². The molecule has 2 rings (SSSR count). The summed E-state index contributed by atoms with van der Waals surface area (Å²) in [7, 11) is 0. The molecule has 1 aromatic carbocycles. The average molecular weight is 343 g/mol. The van der Waals surface area contributed by atoms with Crippen LogP contribution in [0.4, 0.5) is 0 Å². The van der Waals surface area contributed by atoms with Gasteiger partial charge in [-0.2, -0.15) is 0 Å². The minimum atomic E-state index is 0.106. The van der Waals surface area contributed by atoms with E-state index < -0.39 is 0 Å². The van der Waals surface area contributed by atoms with Gasteiger partial charge in [0, 0.05) is 10.6 Å². The van der Waals surface area contributed by atoms with Gasteiger partial charge < -0.3 is 9.73 Å². The van der Waals surface area contributed by atoms with Gasteiger partial charge in [-0.25, -0.2) is 0 Å². The lowest BCUT2D eigenvalue weighted by Crippen LogP contribution is -2.22. The summed E-state index contributed by atoms with van der Waals surface area (Å²) < 4.78 is 6.13. The molecular formula is C15H17BrClNO. The molecule has 1 aromatic heterocycles. The molecule has 4 heteroatoms. The van der Waals surface area contributed by atoms with Crippen LogP contribution in [-0.2, 0) is 0 Å². The lowest BCUT2D eigenvalue weighted by atomic mass is 9.95. The third kappa shape index (κ3) is 3.04. The molecule has 19 heavy (non-hydrogen) atoms. The molecule has 0 amide bonds. The maximum absolute atomic E-state index is 6.18. The summed E-state index contributed by atoms with van der Waals surface area (Å²) in [6.45, 7) is 7.08. The highest BCUT2D eigenvalue weighted by Crippen LogP contribution is 2.33. The molecule has 0 aliphatic rings. The molecule has 0 spiro atoms. The molecule has 0 saturated carbocycles. The molecule has 102 valence electrons. The van der Waals surface area contributed by atoms with Gasteiger partial charge in [-0.05, 0) is 65.1 Å². The van der Waals surface area contributed by atoms with E-state index in [1.807, 2.05) is 19.1 Å². The molecule has 0 saturated heterocycles. The van der Waals surface area contributed by atoms with Gasteiger partial charge in [-0.1, -0.05) is 24.6 Å². The number of hydrogen-bond donors (Lipinski definition) is 1. The van der Waals surface area contributed by atoms with E-state index in [1.54, 1.807) is 6.26 Å². The van der Waals surface area contributed by atoms with Crippen molar-refractivity contribution in [3.8, 4) is 0 Å². The maximum Gasteiger partial charge on any atom is 0.174 e. The quantitative estimate of drug-likeness (QED) is 0.844. The Kier molecular flexibility index (Phi) is 4.71. The van der Waals surface area contributed by atoms with Crippen LogP contribution in [0.1, 0.15) is 35.2 Å². The first-order chi connectivity index (χ1) is 9.04. The Bertz CT molecular complexity index is 580. The van der Waals surface area contributed by atoms with E-state index in [2.05, 4.69) is 41.2 Å². The summed E-state index contributed by atoms with van der Waals surface area (Å²) in [5.74, 6) is 0. The first kappa shape index (κ1) is 14.6. The number of aryl methyl sites for hydroxylation is 2. The van der Waals surface area contributed by atoms with Crippen molar-refractivity contribution >= 4 is 27.5 Å². The second-order valence-electron chi connectivity index (χ2n) is 4.60. The molecule has 1 N–H and O–H groups in total. The van der Waals surface area contributed by atoms with Gasteiger partial charge in [0.25, 0.3) is 0 Å². The molecule has 0 aliphatic heterocycles. The normalized spacial score (nSPS) is 12.7. The summed E-state index contributed by atoms with van der Waals surface area (Å²) in [4.78, 5) is 0. The van der Waals surface area contributed by atoms with Crippen molar-refractivity contribution in [2.24, 2.45) is 0 Å². The molecule has 0 radical (unpaired) electrons. The Morgan fingerprint density at radius 2 is 2.00 bits per heavy atom. The zero-order valence-corrected chi connectivity index (χ0v) is 13.6. The van der Waals surface area contributed by atoms with Crippen LogP contribution in [0, 0.1) is 13.8 Å². The molecule has 0 bridgehead atoms. The highest BCUT2D eigenvalue weighted by Gasteiger charge is 2.20. The van der Waals surface area contributed by atoms with Crippen molar-refractivity contribution in [1.82, 2.24) is 5.32 Å². The first-order valence-electron chi connectivity index (χ1n) is 6.27. The van der Waals surface area contributed by atoms with E-state index in [9.17, 15) is 0 Å². The number of nitrogens with one attached hydrogen (secondary N) is 1. The minimum absolute atomic E-state index is 0.106. The fourth-order valence-electron chi connectivity index (χ4n) is 2.22. The number of rotatable bonds is 4. The molecule has 2 aromatic rings. The van der Waals surface area contributed by atoms with E-state index in [-0.39, 0.29) is 6.04 Å². The molecule has 2 nitrogen and oxygen atoms in total. The Morgan fingerprint density at radius 1 is 1.26 bits per heavy atom. The molecule has 1 heterocycles. The SMILES string of the molecule is CCNC(c1cc(C)c(Cl)cc1C)c1ccoc1Br. The van der Waals surface area contributed by atoms with Crippen molar-refractivity contribution in [3.05, 3.63) is 56.4 Å².